The molecule has 4 nitrogen and oxygen atoms in total. The molecule has 3 heterocycles. The van der Waals surface area contributed by atoms with Crippen LogP contribution in [0, 0.1) is 0 Å². The number of rotatable bonds is 6. The molecule has 9 aromatic rings. The predicted molar refractivity (Wildman–Crippen MR) is 211 cm³/mol. The van der Waals surface area contributed by atoms with Gasteiger partial charge in [-0.1, -0.05) is 140 Å². The lowest BCUT2D eigenvalue weighted by Gasteiger charge is -2.09. The van der Waals surface area contributed by atoms with E-state index in [1.807, 2.05) is 61.5 Å². The maximum atomic E-state index is 6.77. The average Bonchev–Trinajstić information content (AvgIpc) is 3.72. The zero-order valence-electron chi connectivity index (χ0n) is 28.1. The quantitative estimate of drug-likeness (QED) is 0.179. The number of fused-ring (bicyclic) bond motifs is 4. The molecule has 0 N–H and O–H groups in total. The number of para-hydroxylation sites is 3. The first kappa shape index (κ1) is 30.3. The molecule has 0 atom stereocenters. The normalized spacial score (nSPS) is 12.6. The standard InChI is InChI=1S/C47H33N3O/c1-2-3-26-45-40(30-46-48-41(32-16-7-4-8-17-32)31-42(49-46)33-18-9-5-10-19-33)39-24-15-23-36(47(39)51-45)34-27-28-38-37-22-13-14-25-43(37)50(44(38)29-34)35-20-11-6-12-21-35/h2-31H,1H3/b3-2-,40-30?,45-26+. The Labute approximate surface area is 295 Å². The Morgan fingerprint density at radius 1 is 0.549 bits per heavy atom. The monoisotopic (exact) mass is 655 g/mol. The molecule has 6 aromatic carbocycles. The molecule has 0 aliphatic heterocycles. The Hall–Kier alpha value is -6.78. The van der Waals surface area contributed by atoms with E-state index in [1.165, 1.54) is 16.3 Å². The zero-order chi connectivity index (χ0) is 34.1. The van der Waals surface area contributed by atoms with Crippen molar-refractivity contribution in [2.24, 2.45) is 0 Å². The summed E-state index contributed by atoms with van der Waals surface area (Å²) >= 11 is 0. The number of hydrogen-bond donors (Lipinski definition) is 0. The van der Waals surface area contributed by atoms with E-state index in [9.17, 15) is 0 Å². The Kier molecular flexibility index (Phi) is 7.67. The fourth-order valence-electron chi connectivity index (χ4n) is 7.01. The third-order valence-corrected chi connectivity index (χ3v) is 9.38. The molecular weight excluding hydrogens is 623 g/mol. The van der Waals surface area contributed by atoms with Crippen LogP contribution in [0.1, 0.15) is 12.7 Å². The number of aromatic nitrogens is 3. The van der Waals surface area contributed by atoms with Crippen molar-refractivity contribution >= 4 is 44.9 Å². The van der Waals surface area contributed by atoms with Crippen molar-refractivity contribution in [1.29, 1.82) is 0 Å². The lowest BCUT2D eigenvalue weighted by molar-refractivity contribution is 0.576. The highest BCUT2D eigenvalue weighted by molar-refractivity contribution is 6.10. The minimum absolute atomic E-state index is 0.618. The van der Waals surface area contributed by atoms with E-state index in [0.717, 1.165) is 66.4 Å². The van der Waals surface area contributed by atoms with Gasteiger partial charge in [0.25, 0.3) is 0 Å². The summed E-state index contributed by atoms with van der Waals surface area (Å²) < 4.78 is 9.12. The minimum Gasteiger partial charge on any atom is -0.455 e. The topological polar surface area (TPSA) is 43.9 Å². The third-order valence-electron chi connectivity index (χ3n) is 9.38. The Bertz CT molecular complexity index is 2790. The Morgan fingerprint density at radius 2 is 1.18 bits per heavy atom. The van der Waals surface area contributed by atoms with Crippen LogP contribution in [-0.2, 0) is 0 Å². The molecule has 242 valence electrons. The van der Waals surface area contributed by atoms with E-state index in [0.29, 0.717) is 5.82 Å². The van der Waals surface area contributed by atoms with Gasteiger partial charge in [-0.2, -0.15) is 0 Å². The number of benzene rings is 6. The van der Waals surface area contributed by atoms with Crippen molar-refractivity contribution < 1.29 is 4.42 Å². The highest BCUT2D eigenvalue weighted by atomic mass is 16.3. The van der Waals surface area contributed by atoms with E-state index in [2.05, 4.69) is 132 Å². The second-order valence-corrected chi connectivity index (χ2v) is 12.5. The van der Waals surface area contributed by atoms with Gasteiger partial charge in [-0.05, 0) is 55.0 Å². The number of hydrogen-bond acceptors (Lipinski definition) is 3. The summed E-state index contributed by atoms with van der Waals surface area (Å²) in [5.41, 5.74) is 11.0. The van der Waals surface area contributed by atoms with Crippen LogP contribution in [0.2, 0.25) is 0 Å². The van der Waals surface area contributed by atoms with Gasteiger partial charge in [0.15, 0.2) is 5.82 Å². The van der Waals surface area contributed by atoms with E-state index in [-0.39, 0.29) is 0 Å². The van der Waals surface area contributed by atoms with E-state index < -0.39 is 0 Å². The number of furan rings is 1. The minimum atomic E-state index is 0.618. The lowest BCUT2D eigenvalue weighted by atomic mass is 10.0. The first-order valence-electron chi connectivity index (χ1n) is 17.2. The van der Waals surface area contributed by atoms with Gasteiger partial charge in [0.05, 0.1) is 22.4 Å². The van der Waals surface area contributed by atoms with Crippen molar-refractivity contribution in [2.75, 3.05) is 0 Å². The van der Waals surface area contributed by atoms with Crippen LogP contribution < -0.4 is 10.6 Å². The van der Waals surface area contributed by atoms with Gasteiger partial charge >= 0.3 is 0 Å². The Morgan fingerprint density at radius 3 is 1.88 bits per heavy atom. The molecule has 4 heteroatoms. The maximum absolute atomic E-state index is 6.77. The molecule has 0 aliphatic carbocycles. The molecule has 0 saturated carbocycles. The molecule has 9 rings (SSSR count). The second kappa shape index (κ2) is 12.9. The van der Waals surface area contributed by atoms with Gasteiger partial charge in [0.1, 0.15) is 11.0 Å². The van der Waals surface area contributed by atoms with Crippen molar-refractivity contribution in [2.45, 2.75) is 6.92 Å². The van der Waals surface area contributed by atoms with Crippen LogP contribution in [0.4, 0.5) is 0 Å². The fraction of sp³-hybridized carbons (Fsp3) is 0.0213. The van der Waals surface area contributed by atoms with Crippen LogP contribution in [0.3, 0.4) is 0 Å². The van der Waals surface area contributed by atoms with Gasteiger partial charge in [-0.3, -0.25) is 0 Å². The molecule has 0 amide bonds. The van der Waals surface area contributed by atoms with Gasteiger partial charge in [0.2, 0.25) is 0 Å². The van der Waals surface area contributed by atoms with Crippen LogP contribution in [0.25, 0.3) is 84.3 Å². The second-order valence-electron chi connectivity index (χ2n) is 12.5. The zero-order valence-corrected chi connectivity index (χ0v) is 28.1. The predicted octanol–water partition coefficient (Wildman–Crippen LogP) is 10.5. The first-order chi connectivity index (χ1) is 25.2. The van der Waals surface area contributed by atoms with E-state index in [4.69, 9.17) is 14.4 Å². The molecule has 3 aromatic heterocycles. The SMILES string of the molecule is C/C=C\C=c1\oc2c(-c3ccc4c5ccccc5n(-c5ccccc5)c4c3)cccc2c1=Cc1nc(-c2ccccc2)cc(-c2ccccc2)n1. The van der Waals surface area contributed by atoms with Gasteiger partial charge in [0, 0.05) is 43.8 Å². The van der Waals surface area contributed by atoms with Crippen LogP contribution in [-0.4, -0.2) is 14.5 Å². The molecule has 0 fully saturated rings. The van der Waals surface area contributed by atoms with Crippen molar-refractivity contribution in [3.63, 3.8) is 0 Å². The molecule has 0 bridgehead atoms. The molecule has 0 radical (unpaired) electrons. The fourth-order valence-corrected chi connectivity index (χ4v) is 7.01. The highest BCUT2D eigenvalue weighted by Crippen LogP contribution is 2.36. The van der Waals surface area contributed by atoms with Crippen LogP contribution in [0.15, 0.2) is 174 Å². The van der Waals surface area contributed by atoms with Crippen molar-refractivity contribution in [3.8, 4) is 39.3 Å². The van der Waals surface area contributed by atoms with Crippen LogP contribution in [0.5, 0.6) is 0 Å². The van der Waals surface area contributed by atoms with Gasteiger partial charge in [-0.15, -0.1) is 0 Å². The van der Waals surface area contributed by atoms with Gasteiger partial charge in [-0.25, -0.2) is 9.97 Å². The first-order valence-corrected chi connectivity index (χ1v) is 17.2. The summed E-state index contributed by atoms with van der Waals surface area (Å²) in [7, 11) is 0. The largest absolute Gasteiger partial charge is 0.455 e. The summed E-state index contributed by atoms with van der Waals surface area (Å²) in [5, 5.41) is 4.38. The smallest absolute Gasteiger partial charge is 0.153 e. The molecule has 51 heavy (non-hydrogen) atoms. The lowest BCUT2D eigenvalue weighted by Crippen LogP contribution is -2.20. The summed E-state index contributed by atoms with van der Waals surface area (Å²) in [5.74, 6) is 0.618. The molecule has 0 aliphatic rings. The third kappa shape index (κ3) is 5.53. The Balaban J connectivity index is 1.27. The molecule has 0 unspecified atom stereocenters. The summed E-state index contributed by atoms with van der Waals surface area (Å²) in [6, 6.07) is 54.9. The summed E-state index contributed by atoms with van der Waals surface area (Å²) in [6.07, 6.45) is 8.09. The highest BCUT2D eigenvalue weighted by Gasteiger charge is 2.16. The maximum Gasteiger partial charge on any atom is 0.153 e. The summed E-state index contributed by atoms with van der Waals surface area (Å²) in [6.45, 7) is 2.01. The van der Waals surface area contributed by atoms with Crippen molar-refractivity contribution in [1.82, 2.24) is 14.5 Å². The van der Waals surface area contributed by atoms with Crippen molar-refractivity contribution in [3.05, 3.63) is 186 Å². The molecule has 0 spiro atoms. The number of nitrogens with zero attached hydrogens (tertiary/aromatic N) is 3. The van der Waals surface area contributed by atoms with E-state index in [1.54, 1.807) is 0 Å². The van der Waals surface area contributed by atoms with Gasteiger partial charge < -0.3 is 8.98 Å². The summed E-state index contributed by atoms with van der Waals surface area (Å²) in [4.78, 5) is 10.1. The molecule has 0 saturated heterocycles. The molecular formula is C47H33N3O. The van der Waals surface area contributed by atoms with Crippen LogP contribution >= 0.6 is 0 Å². The number of allylic oxidation sites excluding steroid dienone is 2. The van der Waals surface area contributed by atoms with E-state index >= 15 is 0 Å². The average molecular weight is 656 g/mol.